The van der Waals surface area contributed by atoms with Gasteiger partial charge in [0.1, 0.15) is 5.75 Å². The number of methoxy groups -OCH3 is 1. The number of nitrogens with one attached hydrogen (secondary N) is 1. The van der Waals surface area contributed by atoms with E-state index in [9.17, 15) is 4.79 Å². The summed E-state index contributed by atoms with van der Waals surface area (Å²) in [4.78, 5) is 12.4. The molecule has 4 nitrogen and oxygen atoms in total. The predicted molar refractivity (Wildman–Crippen MR) is 73.2 cm³/mol. The lowest BCUT2D eigenvalue weighted by molar-refractivity contribution is -0.130. The first kappa shape index (κ1) is 13.9. The maximum absolute atomic E-state index is 12.4. The van der Waals surface area contributed by atoms with E-state index >= 15 is 0 Å². The Bertz CT molecular complexity index is 441. The van der Waals surface area contributed by atoms with Crippen molar-refractivity contribution in [2.45, 2.75) is 31.1 Å². The molecule has 0 heterocycles. The van der Waals surface area contributed by atoms with Gasteiger partial charge in [0.15, 0.2) is 0 Å². The Balaban J connectivity index is 2.20. The molecule has 1 saturated carbocycles. The quantitative estimate of drug-likeness (QED) is 0.767. The number of hydrogen-bond acceptors (Lipinski definition) is 3. The van der Waals surface area contributed by atoms with Crippen molar-refractivity contribution in [3.05, 3.63) is 29.8 Å². The van der Waals surface area contributed by atoms with Crippen LogP contribution in [0.2, 0.25) is 0 Å². The van der Waals surface area contributed by atoms with Crippen LogP contribution in [0.25, 0.3) is 0 Å². The van der Waals surface area contributed by atoms with E-state index in [1.807, 2.05) is 24.3 Å². The van der Waals surface area contributed by atoms with Gasteiger partial charge in [0.25, 0.3) is 0 Å². The van der Waals surface area contributed by atoms with E-state index in [1.165, 1.54) is 0 Å². The maximum atomic E-state index is 12.4. The Morgan fingerprint density at radius 2 is 2.16 bits per heavy atom. The molecule has 19 heavy (non-hydrogen) atoms. The Kier molecular flexibility index (Phi) is 4.43. The SMILES string of the molecule is COc1ccccc1C1(C(=O)NCCCO)CCC1. The molecular formula is C15H21NO3. The van der Waals surface area contributed by atoms with Gasteiger partial charge < -0.3 is 15.2 Å². The van der Waals surface area contributed by atoms with E-state index in [-0.39, 0.29) is 12.5 Å². The molecule has 104 valence electrons. The molecule has 2 N–H and O–H groups in total. The predicted octanol–water partition coefficient (Wildman–Crippen LogP) is 1.62. The fourth-order valence-electron chi connectivity index (χ4n) is 2.64. The van der Waals surface area contributed by atoms with Crippen LogP contribution in [-0.4, -0.2) is 31.3 Å². The highest BCUT2D eigenvalue weighted by Crippen LogP contribution is 2.47. The summed E-state index contributed by atoms with van der Waals surface area (Å²) in [5.41, 5.74) is 0.535. The summed E-state index contributed by atoms with van der Waals surface area (Å²) in [5.74, 6) is 0.830. The molecule has 1 amide bonds. The lowest BCUT2D eigenvalue weighted by Crippen LogP contribution is -2.49. The minimum atomic E-state index is -0.442. The largest absolute Gasteiger partial charge is 0.496 e. The Morgan fingerprint density at radius 3 is 2.74 bits per heavy atom. The van der Waals surface area contributed by atoms with E-state index in [1.54, 1.807) is 7.11 Å². The molecule has 0 spiro atoms. The number of amides is 1. The second-order valence-corrected chi connectivity index (χ2v) is 4.97. The summed E-state index contributed by atoms with van der Waals surface area (Å²) >= 11 is 0. The zero-order chi connectivity index (χ0) is 13.7. The third-order valence-corrected chi connectivity index (χ3v) is 3.88. The number of carbonyl (C=O) groups is 1. The molecule has 1 aliphatic carbocycles. The first-order valence-electron chi connectivity index (χ1n) is 6.77. The molecule has 1 aromatic rings. The number of aliphatic hydroxyl groups is 1. The Morgan fingerprint density at radius 1 is 1.42 bits per heavy atom. The molecule has 0 radical (unpaired) electrons. The summed E-state index contributed by atoms with van der Waals surface area (Å²) in [6.07, 6.45) is 3.37. The number of benzene rings is 1. The van der Waals surface area contributed by atoms with Gasteiger partial charge in [-0.25, -0.2) is 0 Å². The van der Waals surface area contributed by atoms with Gasteiger partial charge in [-0.1, -0.05) is 24.6 Å². The van der Waals surface area contributed by atoms with Gasteiger partial charge in [0, 0.05) is 18.7 Å². The summed E-state index contributed by atoms with van der Waals surface area (Å²) in [5, 5.41) is 11.7. The molecule has 0 atom stereocenters. The first-order chi connectivity index (χ1) is 9.24. The molecule has 2 rings (SSSR count). The number of hydrogen-bond donors (Lipinski definition) is 2. The van der Waals surface area contributed by atoms with Crippen LogP contribution in [-0.2, 0) is 10.2 Å². The van der Waals surface area contributed by atoms with Crippen LogP contribution in [0.4, 0.5) is 0 Å². The topological polar surface area (TPSA) is 58.6 Å². The third-order valence-electron chi connectivity index (χ3n) is 3.88. The van der Waals surface area contributed by atoms with E-state index < -0.39 is 5.41 Å². The third kappa shape index (κ3) is 2.59. The smallest absolute Gasteiger partial charge is 0.230 e. The van der Waals surface area contributed by atoms with Crippen LogP contribution in [0.5, 0.6) is 5.75 Å². The Labute approximate surface area is 113 Å². The highest BCUT2D eigenvalue weighted by atomic mass is 16.5. The van der Waals surface area contributed by atoms with Gasteiger partial charge in [-0.15, -0.1) is 0 Å². The average Bonchev–Trinajstić information content (AvgIpc) is 2.38. The van der Waals surface area contributed by atoms with Crippen molar-refractivity contribution in [2.75, 3.05) is 20.3 Å². The number of aliphatic hydroxyl groups excluding tert-OH is 1. The second kappa shape index (κ2) is 6.06. The molecule has 1 aromatic carbocycles. The van der Waals surface area contributed by atoms with Crippen LogP contribution in [0.15, 0.2) is 24.3 Å². The van der Waals surface area contributed by atoms with Gasteiger partial charge in [-0.3, -0.25) is 4.79 Å². The van der Waals surface area contributed by atoms with Crippen molar-refractivity contribution in [2.24, 2.45) is 0 Å². The summed E-state index contributed by atoms with van der Waals surface area (Å²) in [6, 6.07) is 7.73. The molecule has 0 aromatic heterocycles. The van der Waals surface area contributed by atoms with Crippen molar-refractivity contribution in [3.8, 4) is 5.75 Å². The summed E-state index contributed by atoms with van der Waals surface area (Å²) in [7, 11) is 1.63. The van der Waals surface area contributed by atoms with Crippen LogP contribution in [0, 0.1) is 0 Å². The lowest BCUT2D eigenvalue weighted by atomic mass is 9.63. The Hall–Kier alpha value is -1.55. The lowest BCUT2D eigenvalue weighted by Gasteiger charge is -2.41. The van der Waals surface area contributed by atoms with E-state index in [4.69, 9.17) is 9.84 Å². The number of rotatable bonds is 6. The molecule has 1 fully saturated rings. The normalized spacial score (nSPS) is 16.5. The van der Waals surface area contributed by atoms with Crippen molar-refractivity contribution in [3.63, 3.8) is 0 Å². The zero-order valence-corrected chi connectivity index (χ0v) is 11.3. The van der Waals surface area contributed by atoms with Gasteiger partial charge in [-0.05, 0) is 25.3 Å². The molecule has 0 bridgehead atoms. The highest BCUT2D eigenvalue weighted by Gasteiger charge is 2.46. The standard InChI is InChI=1S/C15H21NO3/c1-19-13-7-3-2-6-12(13)15(8-4-9-15)14(18)16-10-5-11-17/h2-3,6-7,17H,4-5,8-11H2,1H3,(H,16,18). The molecule has 4 heteroatoms. The fourth-order valence-corrected chi connectivity index (χ4v) is 2.64. The molecule has 1 aliphatic rings. The van der Waals surface area contributed by atoms with Crippen molar-refractivity contribution >= 4 is 5.91 Å². The molecule has 0 saturated heterocycles. The fraction of sp³-hybridized carbons (Fsp3) is 0.533. The minimum absolute atomic E-state index is 0.0525. The monoisotopic (exact) mass is 263 g/mol. The van der Waals surface area contributed by atoms with Crippen LogP contribution in [0.3, 0.4) is 0 Å². The first-order valence-corrected chi connectivity index (χ1v) is 6.77. The number of carbonyl (C=O) groups excluding carboxylic acids is 1. The second-order valence-electron chi connectivity index (χ2n) is 4.97. The van der Waals surface area contributed by atoms with Crippen molar-refractivity contribution in [1.29, 1.82) is 0 Å². The van der Waals surface area contributed by atoms with Crippen molar-refractivity contribution < 1.29 is 14.6 Å². The zero-order valence-electron chi connectivity index (χ0n) is 11.3. The van der Waals surface area contributed by atoms with Gasteiger partial charge in [0.05, 0.1) is 12.5 Å². The summed E-state index contributed by atoms with van der Waals surface area (Å²) in [6.45, 7) is 0.619. The van der Waals surface area contributed by atoms with Crippen molar-refractivity contribution in [1.82, 2.24) is 5.32 Å². The van der Waals surface area contributed by atoms with E-state index in [0.717, 1.165) is 30.6 Å². The molecule has 0 aliphatic heterocycles. The van der Waals surface area contributed by atoms with Gasteiger partial charge in [-0.2, -0.15) is 0 Å². The van der Waals surface area contributed by atoms with Crippen LogP contribution < -0.4 is 10.1 Å². The number of para-hydroxylation sites is 1. The van der Waals surface area contributed by atoms with Gasteiger partial charge >= 0.3 is 0 Å². The highest BCUT2D eigenvalue weighted by molar-refractivity contribution is 5.90. The maximum Gasteiger partial charge on any atom is 0.230 e. The van der Waals surface area contributed by atoms with E-state index in [2.05, 4.69) is 5.32 Å². The molecular weight excluding hydrogens is 242 g/mol. The molecule has 0 unspecified atom stereocenters. The van der Waals surface area contributed by atoms with Gasteiger partial charge in [0.2, 0.25) is 5.91 Å². The minimum Gasteiger partial charge on any atom is -0.496 e. The van der Waals surface area contributed by atoms with E-state index in [0.29, 0.717) is 13.0 Å². The summed E-state index contributed by atoms with van der Waals surface area (Å²) < 4.78 is 5.38. The number of ether oxygens (including phenoxy) is 1. The average molecular weight is 263 g/mol. The van der Waals surface area contributed by atoms with Crippen LogP contribution in [0.1, 0.15) is 31.2 Å². The van der Waals surface area contributed by atoms with Crippen LogP contribution >= 0.6 is 0 Å².